The molecule has 0 aliphatic carbocycles. The Kier molecular flexibility index (Phi) is 8.85. The molecule has 1 aliphatic rings. The molecule has 7 heteroatoms. The summed E-state index contributed by atoms with van der Waals surface area (Å²) in [6.07, 6.45) is 0. The zero-order valence-corrected chi connectivity index (χ0v) is 16.2. The second-order valence-electron chi connectivity index (χ2n) is 6.37. The summed E-state index contributed by atoms with van der Waals surface area (Å²) in [5.74, 6) is 0.181. The van der Waals surface area contributed by atoms with Crippen LogP contribution in [0.2, 0.25) is 10.0 Å². The molecule has 1 atom stereocenters. The third-order valence-corrected chi connectivity index (χ3v) is 4.21. The standard InChI is InChI=1S/C15H22Cl2N2O.2ClH/c1-15(2,3)14(19-6-4-18-5-7-19)13-11(17)8-10(16)9-12(13)20;;/h8-9,14,18,20H,4-7H2,1-3H3;2*1H/t14-;;/m0../s1. The topological polar surface area (TPSA) is 35.5 Å². The van der Waals surface area contributed by atoms with Crippen LogP contribution in [0.25, 0.3) is 0 Å². The SMILES string of the molecule is CC(C)(C)[C@H](c1c(O)cc(Cl)cc1Cl)N1CCNCC1.Cl.Cl. The molecule has 0 radical (unpaired) electrons. The number of nitrogens with one attached hydrogen (secondary N) is 1. The van der Waals surface area contributed by atoms with E-state index in [1.165, 1.54) is 0 Å². The van der Waals surface area contributed by atoms with Crippen molar-refractivity contribution in [1.82, 2.24) is 10.2 Å². The van der Waals surface area contributed by atoms with Crippen molar-refractivity contribution in [2.24, 2.45) is 5.41 Å². The monoisotopic (exact) mass is 388 g/mol. The summed E-state index contributed by atoms with van der Waals surface area (Å²) in [4.78, 5) is 2.38. The van der Waals surface area contributed by atoms with Crippen molar-refractivity contribution in [2.45, 2.75) is 26.8 Å². The van der Waals surface area contributed by atoms with Gasteiger partial charge in [-0.05, 0) is 17.5 Å². The van der Waals surface area contributed by atoms with Crippen molar-refractivity contribution in [3.8, 4) is 5.75 Å². The van der Waals surface area contributed by atoms with E-state index in [-0.39, 0.29) is 42.0 Å². The van der Waals surface area contributed by atoms with Gasteiger partial charge in [0.15, 0.2) is 0 Å². The molecule has 3 nitrogen and oxygen atoms in total. The lowest BCUT2D eigenvalue weighted by Gasteiger charge is -2.43. The molecule has 0 bridgehead atoms. The Balaban J connectivity index is 0.00000220. The molecule has 2 rings (SSSR count). The van der Waals surface area contributed by atoms with E-state index in [0.717, 1.165) is 31.7 Å². The van der Waals surface area contributed by atoms with Crippen LogP contribution in [0.5, 0.6) is 5.75 Å². The van der Waals surface area contributed by atoms with E-state index >= 15 is 0 Å². The van der Waals surface area contributed by atoms with Gasteiger partial charge in [-0.15, -0.1) is 24.8 Å². The van der Waals surface area contributed by atoms with Gasteiger partial charge in [0.1, 0.15) is 5.75 Å². The maximum Gasteiger partial charge on any atom is 0.123 e. The Hall–Kier alpha value is 0.1000. The lowest BCUT2D eigenvalue weighted by Crippen LogP contribution is -2.48. The van der Waals surface area contributed by atoms with E-state index < -0.39 is 0 Å². The average molecular weight is 390 g/mol. The van der Waals surface area contributed by atoms with Crippen LogP contribution in [0.15, 0.2) is 12.1 Å². The number of phenols is 1. The van der Waals surface area contributed by atoms with Crippen molar-refractivity contribution < 1.29 is 5.11 Å². The maximum atomic E-state index is 10.3. The molecule has 1 saturated heterocycles. The average Bonchev–Trinajstić information content (AvgIpc) is 2.33. The molecule has 128 valence electrons. The van der Waals surface area contributed by atoms with Crippen LogP contribution in [-0.2, 0) is 0 Å². The van der Waals surface area contributed by atoms with Crippen LogP contribution >= 0.6 is 48.0 Å². The van der Waals surface area contributed by atoms with Gasteiger partial charge in [-0.2, -0.15) is 0 Å². The van der Waals surface area contributed by atoms with Gasteiger partial charge in [0.25, 0.3) is 0 Å². The number of hydrogen-bond acceptors (Lipinski definition) is 3. The van der Waals surface area contributed by atoms with Crippen LogP contribution in [0, 0.1) is 5.41 Å². The fraction of sp³-hybridized carbons (Fsp3) is 0.600. The van der Waals surface area contributed by atoms with Gasteiger partial charge in [-0.3, -0.25) is 4.90 Å². The lowest BCUT2D eigenvalue weighted by molar-refractivity contribution is 0.0843. The molecule has 22 heavy (non-hydrogen) atoms. The second kappa shape index (κ2) is 8.81. The number of phenolic OH excluding ortho intramolecular Hbond substituents is 1. The molecule has 0 saturated carbocycles. The van der Waals surface area contributed by atoms with Crippen LogP contribution in [-0.4, -0.2) is 36.2 Å². The highest BCUT2D eigenvalue weighted by molar-refractivity contribution is 6.35. The number of hydrogen-bond donors (Lipinski definition) is 2. The highest BCUT2D eigenvalue weighted by Gasteiger charge is 2.35. The molecule has 1 aliphatic heterocycles. The van der Waals surface area contributed by atoms with Crippen LogP contribution < -0.4 is 5.32 Å². The minimum atomic E-state index is -0.0354. The van der Waals surface area contributed by atoms with Crippen molar-refractivity contribution in [2.75, 3.05) is 26.2 Å². The van der Waals surface area contributed by atoms with Crippen molar-refractivity contribution in [3.63, 3.8) is 0 Å². The predicted octanol–water partition coefficient (Wildman–Crippen LogP) is 4.54. The number of aromatic hydroxyl groups is 1. The van der Waals surface area contributed by atoms with Crippen LogP contribution in [0.3, 0.4) is 0 Å². The van der Waals surface area contributed by atoms with Gasteiger partial charge >= 0.3 is 0 Å². The normalized spacial score (nSPS) is 17.3. The molecular formula is C15H24Cl4N2O. The maximum absolute atomic E-state index is 10.3. The minimum Gasteiger partial charge on any atom is -0.508 e. The van der Waals surface area contributed by atoms with E-state index in [2.05, 4.69) is 31.0 Å². The largest absolute Gasteiger partial charge is 0.508 e. The van der Waals surface area contributed by atoms with Gasteiger partial charge in [0.2, 0.25) is 0 Å². The summed E-state index contributed by atoms with van der Waals surface area (Å²) < 4.78 is 0. The molecule has 1 aromatic rings. The number of nitrogens with zero attached hydrogens (tertiary/aromatic N) is 1. The highest BCUT2D eigenvalue weighted by atomic mass is 35.5. The fourth-order valence-corrected chi connectivity index (χ4v) is 3.53. The van der Waals surface area contributed by atoms with Gasteiger partial charge < -0.3 is 10.4 Å². The van der Waals surface area contributed by atoms with E-state index in [9.17, 15) is 5.11 Å². The first-order chi connectivity index (χ1) is 9.30. The number of benzene rings is 1. The van der Waals surface area contributed by atoms with E-state index in [1.54, 1.807) is 12.1 Å². The van der Waals surface area contributed by atoms with Crippen molar-refractivity contribution in [1.29, 1.82) is 0 Å². The van der Waals surface area contributed by atoms with Gasteiger partial charge in [0.05, 0.1) is 5.02 Å². The molecule has 0 spiro atoms. The van der Waals surface area contributed by atoms with E-state index in [0.29, 0.717) is 10.0 Å². The Bertz CT molecular complexity index is 462. The summed E-state index contributed by atoms with van der Waals surface area (Å²) in [5, 5.41) is 14.7. The molecular weight excluding hydrogens is 366 g/mol. The van der Waals surface area contributed by atoms with Crippen molar-refractivity contribution >= 4 is 48.0 Å². The summed E-state index contributed by atoms with van der Waals surface area (Å²) in [7, 11) is 0. The van der Waals surface area contributed by atoms with Crippen molar-refractivity contribution in [3.05, 3.63) is 27.7 Å². The Labute approximate surface area is 155 Å². The molecule has 0 aromatic heterocycles. The number of halogens is 4. The third-order valence-electron chi connectivity index (χ3n) is 3.68. The van der Waals surface area contributed by atoms with Crippen LogP contribution in [0.4, 0.5) is 0 Å². The minimum absolute atomic E-state index is 0. The number of piperazine rings is 1. The quantitative estimate of drug-likeness (QED) is 0.779. The summed E-state index contributed by atoms with van der Waals surface area (Å²) >= 11 is 12.3. The first-order valence-corrected chi connectivity index (χ1v) is 7.69. The molecule has 0 unspecified atom stereocenters. The van der Waals surface area contributed by atoms with E-state index in [1.807, 2.05) is 0 Å². The molecule has 1 heterocycles. The molecule has 0 amide bonds. The molecule has 2 N–H and O–H groups in total. The summed E-state index contributed by atoms with van der Waals surface area (Å²) in [6, 6.07) is 3.34. The molecule has 1 fully saturated rings. The zero-order valence-electron chi connectivity index (χ0n) is 13.0. The van der Waals surface area contributed by atoms with Crippen LogP contribution in [0.1, 0.15) is 32.4 Å². The zero-order chi connectivity index (χ0) is 14.9. The Morgan fingerprint density at radius 2 is 1.68 bits per heavy atom. The summed E-state index contributed by atoms with van der Waals surface area (Å²) in [6.45, 7) is 10.3. The fourth-order valence-electron chi connectivity index (χ4n) is 2.95. The van der Waals surface area contributed by atoms with E-state index in [4.69, 9.17) is 23.2 Å². The first-order valence-electron chi connectivity index (χ1n) is 6.93. The Morgan fingerprint density at radius 3 is 2.14 bits per heavy atom. The van der Waals surface area contributed by atoms with Gasteiger partial charge in [0, 0.05) is 42.8 Å². The first kappa shape index (κ1) is 22.1. The second-order valence-corrected chi connectivity index (χ2v) is 7.22. The van der Waals surface area contributed by atoms with Gasteiger partial charge in [-0.1, -0.05) is 44.0 Å². The summed E-state index contributed by atoms with van der Waals surface area (Å²) in [5.41, 5.74) is 0.747. The Morgan fingerprint density at radius 1 is 1.14 bits per heavy atom. The van der Waals surface area contributed by atoms with Gasteiger partial charge in [-0.25, -0.2) is 0 Å². The smallest absolute Gasteiger partial charge is 0.123 e. The number of rotatable bonds is 2. The lowest BCUT2D eigenvalue weighted by atomic mass is 9.80. The molecule has 1 aromatic carbocycles. The highest BCUT2D eigenvalue weighted by Crippen LogP contribution is 2.45. The third kappa shape index (κ3) is 5.05. The predicted molar refractivity (Wildman–Crippen MR) is 99.3 cm³/mol.